The minimum atomic E-state index is -0.864. The molecule has 1 aliphatic heterocycles. The lowest BCUT2D eigenvalue weighted by Gasteiger charge is -2.35. The maximum absolute atomic E-state index is 13.5. The van der Waals surface area contributed by atoms with Crippen LogP contribution < -0.4 is 5.32 Å². The maximum atomic E-state index is 13.5. The number of piperazine rings is 1. The van der Waals surface area contributed by atoms with Gasteiger partial charge in [0.2, 0.25) is 5.91 Å². The molecule has 0 bridgehead atoms. The van der Waals surface area contributed by atoms with Crippen molar-refractivity contribution in [2.24, 2.45) is 0 Å². The molecule has 2 N–H and O–H groups in total. The highest BCUT2D eigenvalue weighted by atomic mass is 19.1. The lowest BCUT2D eigenvalue weighted by atomic mass is 10.0. The molecule has 0 spiro atoms. The third kappa shape index (κ3) is 3.61. The van der Waals surface area contributed by atoms with Gasteiger partial charge in [-0.25, -0.2) is 8.78 Å². The fourth-order valence-electron chi connectivity index (χ4n) is 3.40. The molecule has 6 nitrogen and oxygen atoms in total. The number of hydrogen-bond acceptors (Lipinski definition) is 3. The molecule has 148 valence electrons. The van der Waals surface area contributed by atoms with Crippen LogP contribution in [0.2, 0.25) is 0 Å². The predicted molar refractivity (Wildman–Crippen MR) is 102 cm³/mol. The van der Waals surface area contributed by atoms with E-state index in [1.807, 2.05) is 0 Å². The first-order chi connectivity index (χ1) is 13.9. The average molecular weight is 396 g/mol. The number of amides is 2. The zero-order chi connectivity index (χ0) is 20.5. The maximum Gasteiger partial charge on any atom is 0.272 e. The molecule has 0 radical (unpaired) electrons. The van der Waals surface area contributed by atoms with Crippen molar-refractivity contribution < 1.29 is 18.4 Å². The Bertz CT molecular complexity index is 1080. The highest BCUT2D eigenvalue weighted by Gasteiger charge is 2.35. The summed E-state index contributed by atoms with van der Waals surface area (Å²) in [6.45, 7) is 2.27. The van der Waals surface area contributed by atoms with Gasteiger partial charge in [0.1, 0.15) is 23.4 Å². The molecule has 0 saturated carbocycles. The molecule has 1 unspecified atom stereocenters. The van der Waals surface area contributed by atoms with Gasteiger partial charge in [-0.2, -0.15) is 5.10 Å². The molecule has 2 heterocycles. The largest absolute Gasteiger partial charge is 0.352 e. The number of halogens is 2. The molecular formula is C21H18F2N4O2. The summed E-state index contributed by atoms with van der Waals surface area (Å²) >= 11 is 0. The molecule has 1 aliphatic rings. The monoisotopic (exact) mass is 396 g/mol. The second kappa shape index (κ2) is 7.46. The van der Waals surface area contributed by atoms with Crippen molar-refractivity contribution in [3.8, 4) is 11.3 Å². The zero-order valence-corrected chi connectivity index (χ0v) is 15.6. The first kappa shape index (κ1) is 18.8. The molecule has 29 heavy (non-hydrogen) atoms. The van der Waals surface area contributed by atoms with Crippen molar-refractivity contribution in [2.75, 3.05) is 13.1 Å². The van der Waals surface area contributed by atoms with E-state index in [2.05, 4.69) is 15.5 Å². The van der Waals surface area contributed by atoms with E-state index in [0.29, 0.717) is 35.5 Å². The molecule has 1 saturated heterocycles. The summed E-state index contributed by atoms with van der Waals surface area (Å²) in [5.41, 5.74) is 2.37. The third-order valence-corrected chi connectivity index (χ3v) is 4.92. The van der Waals surface area contributed by atoms with Gasteiger partial charge in [0.15, 0.2) is 0 Å². The Hall–Kier alpha value is -3.55. The van der Waals surface area contributed by atoms with Crippen molar-refractivity contribution in [2.45, 2.75) is 13.0 Å². The quantitative estimate of drug-likeness (QED) is 0.715. The third-order valence-electron chi connectivity index (χ3n) is 4.92. The smallest absolute Gasteiger partial charge is 0.272 e. The van der Waals surface area contributed by atoms with Crippen LogP contribution in [-0.2, 0) is 4.79 Å². The number of nitrogens with zero attached hydrogens (tertiary/aromatic N) is 2. The second-order valence-electron chi connectivity index (χ2n) is 6.87. The number of aromatic amines is 1. The van der Waals surface area contributed by atoms with Crippen molar-refractivity contribution >= 4 is 11.8 Å². The fraction of sp³-hybridized carbons (Fsp3) is 0.190. The Balaban J connectivity index is 1.63. The van der Waals surface area contributed by atoms with Crippen LogP contribution in [0.1, 0.15) is 27.7 Å². The van der Waals surface area contributed by atoms with Gasteiger partial charge in [-0.1, -0.05) is 12.1 Å². The highest BCUT2D eigenvalue weighted by molar-refractivity contribution is 5.98. The van der Waals surface area contributed by atoms with E-state index in [-0.39, 0.29) is 17.4 Å². The predicted octanol–water partition coefficient (Wildman–Crippen LogP) is 2.98. The number of hydrogen-bond donors (Lipinski definition) is 2. The van der Waals surface area contributed by atoms with Crippen LogP contribution in [0.25, 0.3) is 11.3 Å². The molecule has 2 aromatic carbocycles. The Labute approximate surface area is 165 Å². The van der Waals surface area contributed by atoms with Crippen LogP contribution in [0.15, 0.2) is 48.5 Å². The minimum absolute atomic E-state index is 0.212. The molecule has 1 fully saturated rings. The number of aryl methyl sites for hydroxylation is 1. The average Bonchev–Trinajstić information content (AvgIpc) is 3.20. The van der Waals surface area contributed by atoms with Gasteiger partial charge in [0.05, 0.1) is 5.69 Å². The summed E-state index contributed by atoms with van der Waals surface area (Å²) in [4.78, 5) is 27.0. The first-order valence-electron chi connectivity index (χ1n) is 9.10. The summed E-state index contributed by atoms with van der Waals surface area (Å²) in [7, 11) is 0. The summed E-state index contributed by atoms with van der Waals surface area (Å²) in [6.07, 6.45) is 0. The van der Waals surface area contributed by atoms with Gasteiger partial charge >= 0.3 is 0 Å². The Morgan fingerprint density at radius 2 is 1.90 bits per heavy atom. The van der Waals surface area contributed by atoms with Crippen molar-refractivity contribution in [1.29, 1.82) is 0 Å². The van der Waals surface area contributed by atoms with E-state index in [1.54, 1.807) is 25.1 Å². The molecule has 3 aromatic rings. The Morgan fingerprint density at radius 3 is 2.62 bits per heavy atom. The number of nitrogens with one attached hydrogen (secondary N) is 2. The molecular weight excluding hydrogens is 378 g/mol. The van der Waals surface area contributed by atoms with E-state index >= 15 is 0 Å². The number of aromatic nitrogens is 2. The zero-order valence-electron chi connectivity index (χ0n) is 15.6. The molecule has 8 heteroatoms. The summed E-state index contributed by atoms with van der Waals surface area (Å²) in [5.74, 6) is -1.46. The van der Waals surface area contributed by atoms with E-state index < -0.39 is 17.8 Å². The summed E-state index contributed by atoms with van der Waals surface area (Å²) in [6, 6.07) is 10.8. The van der Waals surface area contributed by atoms with Gasteiger partial charge < -0.3 is 10.2 Å². The van der Waals surface area contributed by atoms with Crippen LogP contribution in [0.4, 0.5) is 8.78 Å². The Morgan fingerprint density at radius 1 is 1.14 bits per heavy atom. The van der Waals surface area contributed by atoms with E-state index in [0.717, 1.165) is 0 Å². The lowest BCUT2D eigenvalue weighted by molar-refractivity contribution is -0.128. The number of H-pyrrole nitrogens is 1. The molecule has 1 atom stereocenters. The van der Waals surface area contributed by atoms with Crippen LogP contribution in [-0.4, -0.2) is 40.0 Å². The topological polar surface area (TPSA) is 78.1 Å². The number of rotatable bonds is 3. The van der Waals surface area contributed by atoms with Crippen LogP contribution >= 0.6 is 0 Å². The molecule has 0 aliphatic carbocycles. The van der Waals surface area contributed by atoms with Gasteiger partial charge in [-0.05, 0) is 54.4 Å². The standard InChI is InChI=1S/C21H18F2N4O2/c1-12-10-14(4-7-16(12)23)17-11-18(26-25-17)21(29)27-9-8-24-20(28)19(27)13-2-5-15(22)6-3-13/h2-7,10-11,19H,8-9H2,1H3,(H,24,28)(H,25,26). The number of carbonyl (C=O) groups excluding carboxylic acids is 2. The van der Waals surface area contributed by atoms with Crippen LogP contribution in [0.3, 0.4) is 0 Å². The number of benzene rings is 2. The van der Waals surface area contributed by atoms with Crippen molar-refractivity contribution in [3.05, 3.63) is 77.0 Å². The summed E-state index contributed by atoms with van der Waals surface area (Å²) in [5, 5.41) is 9.60. The minimum Gasteiger partial charge on any atom is -0.352 e. The van der Waals surface area contributed by atoms with E-state index in [1.165, 1.54) is 35.2 Å². The summed E-state index contributed by atoms with van der Waals surface area (Å²) < 4.78 is 26.8. The van der Waals surface area contributed by atoms with Crippen LogP contribution in [0, 0.1) is 18.6 Å². The Kier molecular flexibility index (Phi) is 4.84. The first-order valence-corrected chi connectivity index (χ1v) is 9.10. The van der Waals surface area contributed by atoms with Gasteiger partial charge in [0.25, 0.3) is 5.91 Å². The van der Waals surface area contributed by atoms with Crippen LogP contribution in [0.5, 0.6) is 0 Å². The number of carbonyl (C=O) groups is 2. The highest BCUT2D eigenvalue weighted by Crippen LogP contribution is 2.27. The van der Waals surface area contributed by atoms with Gasteiger partial charge in [-0.15, -0.1) is 0 Å². The lowest BCUT2D eigenvalue weighted by Crippen LogP contribution is -2.52. The van der Waals surface area contributed by atoms with Gasteiger partial charge in [-0.3, -0.25) is 14.7 Å². The second-order valence-corrected chi connectivity index (χ2v) is 6.87. The van der Waals surface area contributed by atoms with E-state index in [9.17, 15) is 18.4 Å². The SMILES string of the molecule is Cc1cc(-c2cc(C(=O)N3CCNC(=O)C3c3ccc(F)cc3)[nH]n2)ccc1F. The molecule has 1 aromatic heterocycles. The molecule has 4 rings (SSSR count). The van der Waals surface area contributed by atoms with Crippen molar-refractivity contribution in [1.82, 2.24) is 20.4 Å². The van der Waals surface area contributed by atoms with Gasteiger partial charge in [0, 0.05) is 18.7 Å². The molecule has 2 amide bonds. The fourth-order valence-corrected chi connectivity index (χ4v) is 3.40. The van der Waals surface area contributed by atoms with E-state index in [4.69, 9.17) is 0 Å². The van der Waals surface area contributed by atoms with Crippen molar-refractivity contribution in [3.63, 3.8) is 0 Å². The normalized spacial score (nSPS) is 16.6.